The lowest BCUT2D eigenvalue weighted by Crippen LogP contribution is -1.93. The first-order valence-corrected chi connectivity index (χ1v) is 8.53. The van der Waals surface area contributed by atoms with Crippen LogP contribution in [0.4, 0.5) is 0 Å². The van der Waals surface area contributed by atoms with E-state index in [0.717, 1.165) is 13.3 Å². The average Bonchev–Trinajstić information content (AvgIpc) is 2.62. The Morgan fingerprint density at radius 1 is 1.24 bits per heavy atom. The molecule has 5 heteroatoms. The van der Waals surface area contributed by atoms with E-state index in [0.29, 0.717) is 0 Å². The molecule has 1 heterocycles. The van der Waals surface area contributed by atoms with E-state index >= 15 is 0 Å². The molecular weight excluding hydrogens is 451 g/mol. The number of thiophene rings is 1. The molecule has 17 heavy (non-hydrogen) atoms. The maximum absolute atomic E-state index is 6.07. The van der Waals surface area contributed by atoms with E-state index in [1.807, 2.05) is 6.07 Å². The lowest BCUT2D eigenvalue weighted by atomic mass is 10.1. The first-order chi connectivity index (χ1) is 7.99. The van der Waals surface area contributed by atoms with Crippen molar-refractivity contribution in [1.29, 1.82) is 0 Å². The third-order valence-corrected chi connectivity index (χ3v) is 6.75. The molecule has 0 fully saturated rings. The van der Waals surface area contributed by atoms with Crippen molar-refractivity contribution in [3.63, 3.8) is 0 Å². The zero-order valence-corrected chi connectivity index (χ0v) is 15.1. The van der Waals surface area contributed by atoms with Gasteiger partial charge in [-0.3, -0.25) is 0 Å². The molecule has 1 aromatic carbocycles. The Labute approximate surface area is 135 Å². The monoisotopic (exact) mass is 456 g/mol. The van der Waals surface area contributed by atoms with Crippen molar-refractivity contribution in [3.05, 3.63) is 53.6 Å². The number of aryl methyl sites for hydroxylation is 1. The predicted molar refractivity (Wildman–Crippen MR) is 86.7 cm³/mol. The smallest absolute Gasteiger partial charge is 0.0887 e. The molecule has 0 spiro atoms. The number of benzene rings is 1. The van der Waals surface area contributed by atoms with E-state index in [-0.39, 0.29) is 4.83 Å². The summed E-state index contributed by atoms with van der Waals surface area (Å²) in [7, 11) is 0. The molecule has 0 saturated carbocycles. The normalized spacial score (nSPS) is 12.8. The van der Waals surface area contributed by atoms with Gasteiger partial charge in [-0.25, -0.2) is 0 Å². The molecule has 0 aliphatic carbocycles. The van der Waals surface area contributed by atoms with Crippen LogP contribution in [-0.4, -0.2) is 0 Å². The van der Waals surface area contributed by atoms with Gasteiger partial charge in [0.15, 0.2) is 0 Å². The molecule has 0 aliphatic rings. The molecule has 0 amide bonds. The van der Waals surface area contributed by atoms with Gasteiger partial charge in [0, 0.05) is 9.35 Å². The highest BCUT2D eigenvalue weighted by atomic mass is 79.9. The van der Waals surface area contributed by atoms with Gasteiger partial charge in [-0.1, -0.05) is 49.5 Å². The second kappa shape index (κ2) is 5.74. The lowest BCUT2D eigenvalue weighted by Gasteiger charge is -2.11. The van der Waals surface area contributed by atoms with Crippen LogP contribution in [0.2, 0.25) is 5.02 Å². The molecule has 90 valence electrons. The highest BCUT2D eigenvalue weighted by Gasteiger charge is 2.17. The molecule has 0 nitrogen and oxygen atoms in total. The fraction of sp³-hybridized carbons (Fsp3) is 0.167. The summed E-state index contributed by atoms with van der Waals surface area (Å²) >= 11 is 18.4. The van der Waals surface area contributed by atoms with Gasteiger partial charge in [0.2, 0.25) is 0 Å². The number of rotatable bonds is 2. The van der Waals surface area contributed by atoms with Gasteiger partial charge in [-0.15, -0.1) is 11.3 Å². The first-order valence-electron chi connectivity index (χ1n) is 4.84. The largest absolute Gasteiger partial charge is 0.130 e. The van der Waals surface area contributed by atoms with Crippen LogP contribution >= 0.6 is 70.7 Å². The zero-order valence-electron chi connectivity index (χ0n) is 8.81. The van der Waals surface area contributed by atoms with Crippen LogP contribution in [0.15, 0.2) is 32.5 Å². The minimum absolute atomic E-state index is 0.175. The Morgan fingerprint density at radius 2 is 1.94 bits per heavy atom. The highest BCUT2D eigenvalue weighted by molar-refractivity contribution is 9.11. The highest BCUT2D eigenvalue weighted by Crippen LogP contribution is 2.42. The van der Waals surface area contributed by atoms with Crippen LogP contribution in [-0.2, 0) is 0 Å². The van der Waals surface area contributed by atoms with Crippen molar-refractivity contribution in [3.8, 4) is 0 Å². The first kappa shape index (κ1) is 14.1. The number of hydrogen-bond donors (Lipinski definition) is 0. The van der Waals surface area contributed by atoms with Crippen molar-refractivity contribution >= 4 is 70.7 Å². The van der Waals surface area contributed by atoms with Gasteiger partial charge in [0.1, 0.15) is 0 Å². The van der Waals surface area contributed by atoms with E-state index in [1.54, 1.807) is 11.3 Å². The summed E-state index contributed by atoms with van der Waals surface area (Å²) in [5.74, 6) is 0. The molecule has 1 unspecified atom stereocenters. The predicted octanol–water partition coefficient (Wildman–Crippen LogP) is 6.72. The Hall–Kier alpha value is 0.650. The summed E-state index contributed by atoms with van der Waals surface area (Å²) < 4.78 is 2.07. The molecule has 0 N–H and O–H groups in total. The van der Waals surface area contributed by atoms with Crippen molar-refractivity contribution in [2.45, 2.75) is 11.8 Å². The summed E-state index contributed by atoms with van der Waals surface area (Å²) in [4.78, 5) is 1.37. The maximum atomic E-state index is 6.07. The van der Waals surface area contributed by atoms with E-state index in [1.165, 1.54) is 16.0 Å². The van der Waals surface area contributed by atoms with Crippen molar-refractivity contribution in [2.75, 3.05) is 0 Å². The minimum Gasteiger partial charge on any atom is -0.130 e. The van der Waals surface area contributed by atoms with Crippen LogP contribution in [0.5, 0.6) is 0 Å². The average molecular weight is 459 g/mol. The zero-order chi connectivity index (χ0) is 12.6. The standard InChI is InChI=1S/C12H8Br3ClS/c1-6-2-3-7(13)4-8(6)11(14)10-5-9(16)12(15)17-10/h2-5,11H,1H3. The fourth-order valence-electron chi connectivity index (χ4n) is 1.53. The molecule has 2 aromatic rings. The molecule has 0 saturated heterocycles. The maximum Gasteiger partial charge on any atom is 0.0887 e. The number of hydrogen-bond acceptors (Lipinski definition) is 1. The van der Waals surface area contributed by atoms with E-state index in [2.05, 4.69) is 72.9 Å². The molecule has 1 aromatic heterocycles. The van der Waals surface area contributed by atoms with Crippen LogP contribution < -0.4 is 0 Å². The Morgan fingerprint density at radius 3 is 2.53 bits per heavy atom. The van der Waals surface area contributed by atoms with Crippen molar-refractivity contribution in [1.82, 2.24) is 0 Å². The summed E-state index contributed by atoms with van der Waals surface area (Å²) in [6, 6.07) is 8.29. The van der Waals surface area contributed by atoms with Gasteiger partial charge in [-0.2, -0.15) is 0 Å². The molecular formula is C12H8Br3ClS. The van der Waals surface area contributed by atoms with Crippen LogP contribution in [0.25, 0.3) is 0 Å². The Kier molecular flexibility index (Phi) is 4.75. The second-order valence-electron chi connectivity index (χ2n) is 3.63. The van der Waals surface area contributed by atoms with Gasteiger partial charge in [0.25, 0.3) is 0 Å². The van der Waals surface area contributed by atoms with Crippen molar-refractivity contribution in [2.24, 2.45) is 0 Å². The third-order valence-electron chi connectivity index (χ3n) is 2.43. The SMILES string of the molecule is Cc1ccc(Br)cc1C(Br)c1cc(Cl)c(Br)s1. The summed E-state index contributed by atoms with van der Waals surface area (Å²) in [6.45, 7) is 2.11. The molecule has 0 aliphatic heterocycles. The molecule has 0 bridgehead atoms. The quantitative estimate of drug-likeness (QED) is 0.438. The van der Waals surface area contributed by atoms with Crippen LogP contribution in [0.1, 0.15) is 20.8 Å². The van der Waals surface area contributed by atoms with Gasteiger partial charge in [-0.05, 0) is 52.2 Å². The number of halogens is 4. The summed E-state index contributed by atoms with van der Waals surface area (Å²) in [5, 5.41) is 0.766. The third kappa shape index (κ3) is 3.16. The Bertz CT molecular complexity index is 531. The van der Waals surface area contributed by atoms with Gasteiger partial charge >= 0.3 is 0 Å². The van der Waals surface area contributed by atoms with Crippen LogP contribution in [0, 0.1) is 6.92 Å². The summed E-state index contributed by atoms with van der Waals surface area (Å²) in [6.07, 6.45) is 0. The Balaban J connectivity index is 2.42. The molecule has 0 radical (unpaired) electrons. The van der Waals surface area contributed by atoms with Crippen molar-refractivity contribution < 1.29 is 0 Å². The van der Waals surface area contributed by atoms with E-state index in [9.17, 15) is 0 Å². The molecule has 2 rings (SSSR count). The van der Waals surface area contributed by atoms with Gasteiger partial charge in [0.05, 0.1) is 13.6 Å². The fourth-order valence-corrected chi connectivity index (χ4v) is 4.55. The second-order valence-corrected chi connectivity index (χ2v) is 8.27. The molecule has 1 atom stereocenters. The van der Waals surface area contributed by atoms with Gasteiger partial charge < -0.3 is 0 Å². The topological polar surface area (TPSA) is 0 Å². The van der Waals surface area contributed by atoms with Crippen LogP contribution in [0.3, 0.4) is 0 Å². The summed E-state index contributed by atoms with van der Waals surface area (Å²) in [5.41, 5.74) is 2.51. The lowest BCUT2D eigenvalue weighted by molar-refractivity contribution is 1.17. The minimum atomic E-state index is 0.175. The van der Waals surface area contributed by atoms with E-state index in [4.69, 9.17) is 11.6 Å². The number of alkyl halides is 1. The van der Waals surface area contributed by atoms with E-state index < -0.39 is 0 Å².